The van der Waals surface area contributed by atoms with Crippen LogP contribution in [0, 0.1) is 5.41 Å². The Kier molecular flexibility index (Phi) is 10.9. The van der Waals surface area contributed by atoms with Crippen LogP contribution in [0.4, 0.5) is 4.79 Å². The van der Waals surface area contributed by atoms with Gasteiger partial charge in [-0.3, -0.25) is 9.59 Å². The SMILES string of the molecule is CN[C@@H](C)C(=O)N[C@H](C(=O)N1CCC[C@H]1CN(CCc1ccccc1)C(=O)OCc1ccccc1)C(C)(C)C. The average Bonchev–Trinajstić information content (AvgIpc) is 3.40. The molecule has 2 aromatic carbocycles. The largest absolute Gasteiger partial charge is 0.445 e. The number of rotatable bonds is 11. The predicted molar refractivity (Wildman–Crippen MR) is 153 cm³/mol. The molecule has 1 fully saturated rings. The van der Waals surface area contributed by atoms with Gasteiger partial charge >= 0.3 is 6.09 Å². The van der Waals surface area contributed by atoms with E-state index in [1.807, 2.05) is 86.3 Å². The van der Waals surface area contributed by atoms with E-state index in [0.717, 1.165) is 24.0 Å². The molecule has 0 saturated carbocycles. The minimum atomic E-state index is -0.677. The molecule has 2 N–H and O–H groups in total. The van der Waals surface area contributed by atoms with Gasteiger partial charge in [-0.05, 0) is 49.8 Å². The van der Waals surface area contributed by atoms with Crippen LogP contribution in [0.5, 0.6) is 0 Å². The van der Waals surface area contributed by atoms with E-state index in [1.165, 1.54) is 0 Å². The maximum atomic E-state index is 13.8. The van der Waals surface area contributed by atoms with Gasteiger partial charge in [0.1, 0.15) is 12.6 Å². The Morgan fingerprint density at radius 1 is 1.03 bits per heavy atom. The molecular weight excluding hydrogens is 492 g/mol. The average molecular weight is 537 g/mol. The summed E-state index contributed by atoms with van der Waals surface area (Å²) in [6, 6.07) is 18.4. The van der Waals surface area contributed by atoms with Crippen molar-refractivity contribution in [2.45, 2.75) is 71.7 Å². The third-order valence-electron chi connectivity index (χ3n) is 7.29. The second-order valence-electron chi connectivity index (χ2n) is 11.4. The first kappa shape index (κ1) is 30.2. The zero-order chi connectivity index (χ0) is 28.4. The smallest absolute Gasteiger partial charge is 0.410 e. The van der Waals surface area contributed by atoms with Gasteiger partial charge < -0.3 is 25.2 Å². The molecule has 3 amide bonds. The van der Waals surface area contributed by atoms with Gasteiger partial charge in [-0.25, -0.2) is 4.79 Å². The van der Waals surface area contributed by atoms with E-state index in [-0.39, 0.29) is 24.5 Å². The van der Waals surface area contributed by atoms with Crippen molar-refractivity contribution in [3.63, 3.8) is 0 Å². The maximum absolute atomic E-state index is 13.8. The highest BCUT2D eigenvalue weighted by molar-refractivity contribution is 5.90. The van der Waals surface area contributed by atoms with Gasteiger partial charge in [-0.1, -0.05) is 81.4 Å². The summed E-state index contributed by atoms with van der Waals surface area (Å²) in [7, 11) is 1.72. The highest BCUT2D eigenvalue weighted by Crippen LogP contribution is 2.26. The molecular formula is C31H44N4O4. The fraction of sp³-hybridized carbons (Fsp3) is 0.516. The van der Waals surface area contributed by atoms with E-state index in [9.17, 15) is 14.4 Å². The lowest BCUT2D eigenvalue weighted by Gasteiger charge is -2.37. The number of likely N-dealkylation sites (N-methyl/N-ethyl adjacent to an activating group) is 1. The highest BCUT2D eigenvalue weighted by atomic mass is 16.6. The zero-order valence-corrected chi connectivity index (χ0v) is 24.0. The third-order valence-corrected chi connectivity index (χ3v) is 7.29. The van der Waals surface area contributed by atoms with Crippen molar-refractivity contribution in [2.75, 3.05) is 26.7 Å². The van der Waals surface area contributed by atoms with E-state index >= 15 is 0 Å². The first-order chi connectivity index (χ1) is 18.6. The number of carbonyl (C=O) groups excluding carboxylic acids is 3. The Morgan fingerprint density at radius 3 is 2.23 bits per heavy atom. The predicted octanol–water partition coefficient (Wildman–Crippen LogP) is 4.00. The van der Waals surface area contributed by atoms with E-state index in [0.29, 0.717) is 26.1 Å². The number of nitrogens with zero attached hydrogens (tertiary/aromatic N) is 2. The molecule has 1 aliphatic heterocycles. The Morgan fingerprint density at radius 2 is 1.64 bits per heavy atom. The summed E-state index contributed by atoms with van der Waals surface area (Å²) in [6.45, 7) is 9.28. The summed E-state index contributed by atoms with van der Waals surface area (Å²) < 4.78 is 5.70. The molecule has 0 spiro atoms. The number of hydrogen-bond donors (Lipinski definition) is 2. The standard InChI is InChI=1S/C31H44N4O4/c1-23(32-5)28(36)33-27(31(2,3)4)29(37)35-19-12-17-26(35)21-34(20-18-24-13-8-6-9-14-24)30(38)39-22-25-15-10-7-11-16-25/h6-11,13-16,23,26-27,32H,12,17-22H2,1-5H3,(H,33,36)/t23-,26-,27+/m0/s1. The number of likely N-dealkylation sites (tertiary alicyclic amines) is 1. The van der Waals surface area contributed by atoms with Crippen LogP contribution in [0.15, 0.2) is 60.7 Å². The van der Waals surface area contributed by atoms with Crippen LogP contribution in [-0.2, 0) is 27.4 Å². The second-order valence-corrected chi connectivity index (χ2v) is 11.4. The van der Waals surface area contributed by atoms with E-state index in [4.69, 9.17) is 4.74 Å². The highest BCUT2D eigenvalue weighted by Gasteiger charge is 2.40. The fourth-order valence-electron chi connectivity index (χ4n) is 4.76. The van der Waals surface area contributed by atoms with Crippen molar-refractivity contribution < 1.29 is 19.1 Å². The summed E-state index contributed by atoms with van der Waals surface area (Å²) in [5.41, 5.74) is 1.58. The van der Waals surface area contributed by atoms with E-state index in [1.54, 1.807) is 18.9 Å². The molecule has 3 rings (SSSR count). The molecule has 8 heteroatoms. The Bertz CT molecular complexity index is 1070. The number of benzene rings is 2. The fourth-order valence-corrected chi connectivity index (χ4v) is 4.76. The summed E-state index contributed by atoms with van der Waals surface area (Å²) >= 11 is 0. The quantitative estimate of drug-likeness (QED) is 0.453. The van der Waals surface area contributed by atoms with E-state index in [2.05, 4.69) is 10.6 Å². The number of carbonyl (C=O) groups is 3. The molecule has 0 aromatic heterocycles. The molecule has 39 heavy (non-hydrogen) atoms. The van der Waals surface area contributed by atoms with Crippen LogP contribution in [0.1, 0.15) is 51.7 Å². The number of nitrogens with one attached hydrogen (secondary N) is 2. The molecule has 1 heterocycles. The van der Waals surface area contributed by atoms with Crippen molar-refractivity contribution in [1.82, 2.24) is 20.4 Å². The van der Waals surface area contributed by atoms with Crippen molar-refractivity contribution in [1.29, 1.82) is 0 Å². The number of amides is 3. The van der Waals surface area contributed by atoms with Gasteiger partial charge in [-0.15, -0.1) is 0 Å². The first-order valence-corrected chi connectivity index (χ1v) is 13.9. The van der Waals surface area contributed by atoms with Gasteiger partial charge in [0.25, 0.3) is 0 Å². The van der Waals surface area contributed by atoms with Gasteiger partial charge in [0.2, 0.25) is 11.8 Å². The van der Waals surface area contributed by atoms with Crippen LogP contribution < -0.4 is 10.6 Å². The topological polar surface area (TPSA) is 91.0 Å². The molecule has 2 aromatic rings. The van der Waals surface area contributed by atoms with Gasteiger partial charge in [0.05, 0.1) is 6.04 Å². The molecule has 1 saturated heterocycles. The minimum Gasteiger partial charge on any atom is -0.445 e. The van der Waals surface area contributed by atoms with Gasteiger partial charge in [0, 0.05) is 25.7 Å². The number of hydrogen-bond acceptors (Lipinski definition) is 5. The lowest BCUT2D eigenvalue weighted by atomic mass is 9.85. The molecule has 8 nitrogen and oxygen atoms in total. The van der Waals surface area contributed by atoms with Crippen molar-refractivity contribution in [3.8, 4) is 0 Å². The lowest BCUT2D eigenvalue weighted by molar-refractivity contribution is -0.140. The van der Waals surface area contributed by atoms with Crippen LogP contribution in [0.25, 0.3) is 0 Å². The lowest BCUT2D eigenvalue weighted by Crippen LogP contribution is -2.59. The maximum Gasteiger partial charge on any atom is 0.410 e. The normalized spacial score (nSPS) is 16.8. The molecule has 0 radical (unpaired) electrons. The Hall–Kier alpha value is -3.39. The Balaban J connectivity index is 1.74. The molecule has 0 unspecified atom stereocenters. The van der Waals surface area contributed by atoms with Crippen LogP contribution in [0.2, 0.25) is 0 Å². The van der Waals surface area contributed by atoms with Crippen molar-refractivity contribution in [3.05, 3.63) is 71.8 Å². The molecule has 0 bridgehead atoms. The Labute approximate surface area is 233 Å². The molecule has 0 aliphatic carbocycles. The van der Waals surface area contributed by atoms with Crippen LogP contribution in [0.3, 0.4) is 0 Å². The first-order valence-electron chi connectivity index (χ1n) is 13.9. The molecule has 212 valence electrons. The molecule has 3 atom stereocenters. The monoisotopic (exact) mass is 536 g/mol. The molecule has 1 aliphatic rings. The van der Waals surface area contributed by atoms with Crippen LogP contribution in [-0.4, -0.2) is 72.5 Å². The summed E-state index contributed by atoms with van der Waals surface area (Å²) in [5.74, 6) is -0.321. The third kappa shape index (κ3) is 8.82. The van der Waals surface area contributed by atoms with E-state index < -0.39 is 23.6 Å². The van der Waals surface area contributed by atoms with Gasteiger partial charge in [-0.2, -0.15) is 0 Å². The summed E-state index contributed by atoms with van der Waals surface area (Å²) in [6.07, 6.45) is 1.93. The van der Waals surface area contributed by atoms with Crippen molar-refractivity contribution >= 4 is 17.9 Å². The van der Waals surface area contributed by atoms with Crippen molar-refractivity contribution in [2.24, 2.45) is 5.41 Å². The summed E-state index contributed by atoms with van der Waals surface area (Å²) in [5, 5.41) is 5.90. The summed E-state index contributed by atoms with van der Waals surface area (Å²) in [4.78, 5) is 43.4. The van der Waals surface area contributed by atoms with Gasteiger partial charge in [0.15, 0.2) is 0 Å². The minimum absolute atomic E-state index is 0.109. The van der Waals surface area contributed by atoms with Crippen LogP contribution >= 0.6 is 0 Å². The number of ether oxygens (including phenoxy) is 1. The second kappa shape index (κ2) is 14.1. The zero-order valence-electron chi connectivity index (χ0n) is 24.0.